The summed E-state index contributed by atoms with van der Waals surface area (Å²) in [6, 6.07) is 10.2. The van der Waals surface area contributed by atoms with Crippen LogP contribution in [-0.4, -0.2) is 56.1 Å². The first-order chi connectivity index (χ1) is 10.2. The van der Waals surface area contributed by atoms with Gasteiger partial charge in [0, 0.05) is 38.8 Å². The van der Waals surface area contributed by atoms with E-state index in [-0.39, 0.29) is 11.8 Å². The molecule has 1 aliphatic rings. The average molecular weight is 290 g/mol. The summed E-state index contributed by atoms with van der Waals surface area (Å²) in [6.45, 7) is 3.79. The number of nitrogens with zero attached hydrogens (tertiary/aromatic N) is 2. The zero-order valence-electron chi connectivity index (χ0n) is 13.1. The molecule has 1 fully saturated rings. The lowest BCUT2D eigenvalue weighted by Crippen LogP contribution is -2.41. The van der Waals surface area contributed by atoms with E-state index in [0.29, 0.717) is 19.8 Å². The van der Waals surface area contributed by atoms with Crippen LogP contribution < -0.4 is 0 Å². The molecule has 0 N–H and O–H groups in total. The zero-order valence-corrected chi connectivity index (χ0v) is 13.1. The number of carbonyl (C=O) groups excluding carboxylic acids is 1. The first-order valence-corrected chi connectivity index (χ1v) is 7.72. The molecule has 2 rings (SSSR count). The van der Waals surface area contributed by atoms with Crippen LogP contribution in [0.1, 0.15) is 18.4 Å². The van der Waals surface area contributed by atoms with E-state index in [4.69, 9.17) is 4.74 Å². The smallest absolute Gasteiger partial charge is 0.226 e. The van der Waals surface area contributed by atoms with Gasteiger partial charge in [-0.25, -0.2) is 0 Å². The van der Waals surface area contributed by atoms with Gasteiger partial charge < -0.3 is 14.5 Å². The van der Waals surface area contributed by atoms with Gasteiger partial charge in [-0.1, -0.05) is 30.3 Å². The molecule has 1 amide bonds. The van der Waals surface area contributed by atoms with Crippen molar-refractivity contribution in [3.63, 3.8) is 0 Å². The maximum atomic E-state index is 12.8. The number of carbonyl (C=O) groups is 1. The van der Waals surface area contributed by atoms with Crippen LogP contribution >= 0.6 is 0 Å². The topological polar surface area (TPSA) is 32.8 Å². The molecule has 4 heteroatoms. The standard InChI is InChI=1S/C17H26N2O2/c1-18(2)10-11-19(14-15-6-4-3-5-7-15)17(20)16-8-12-21-13-9-16/h3-7,16H,8-14H2,1-2H3. The number of rotatable bonds is 6. The minimum Gasteiger partial charge on any atom is -0.381 e. The van der Waals surface area contributed by atoms with Gasteiger partial charge >= 0.3 is 0 Å². The lowest BCUT2D eigenvalue weighted by atomic mass is 9.98. The van der Waals surface area contributed by atoms with Crippen molar-refractivity contribution in [1.82, 2.24) is 9.80 Å². The van der Waals surface area contributed by atoms with E-state index in [1.54, 1.807) is 0 Å². The van der Waals surface area contributed by atoms with Crippen LogP contribution in [0.25, 0.3) is 0 Å². The van der Waals surface area contributed by atoms with Crippen molar-refractivity contribution in [3.05, 3.63) is 35.9 Å². The first kappa shape index (κ1) is 16.0. The number of hydrogen-bond acceptors (Lipinski definition) is 3. The highest BCUT2D eigenvalue weighted by Crippen LogP contribution is 2.19. The molecule has 4 nitrogen and oxygen atoms in total. The summed E-state index contributed by atoms with van der Waals surface area (Å²) in [5, 5.41) is 0. The molecule has 1 heterocycles. The number of ether oxygens (including phenoxy) is 1. The summed E-state index contributed by atoms with van der Waals surface area (Å²) >= 11 is 0. The lowest BCUT2D eigenvalue weighted by Gasteiger charge is -2.30. The minimum atomic E-state index is 0.129. The number of hydrogen-bond donors (Lipinski definition) is 0. The van der Waals surface area contributed by atoms with Gasteiger partial charge in [0.2, 0.25) is 5.91 Å². The Balaban J connectivity index is 2.01. The van der Waals surface area contributed by atoms with E-state index < -0.39 is 0 Å². The van der Waals surface area contributed by atoms with Gasteiger partial charge in [0.15, 0.2) is 0 Å². The van der Waals surface area contributed by atoms with Gasteiger partial charge in [-0.3, -0.25) is 4.79 Å². The average Bonchev–Trinajstić information content (AvgIpc) is 2.52. The second-order valence-corrected chi connectivity index (χ2v) is 5.94. The van der Waals surface area contributed by atoms with Crippen molar-refractivity contribution in [3.8, 4) is 0 Å². The van der Waals surface area contributed by atoms with Crippen LogP contribution in [0.3, 0.4) is 0 Å². The number of likely N-dealkylation sites (N-methyl/N-ethyl adjacent to an activating group) is 1. The zero-order chi connectivity index (χ0) is 15.1. The molecule has 1 aliphatic heterocycles. The predicted octanol–water partition coefficient (Wildman–Crippen LogP) is 2.00. The largest absolute Gasteiger partial charge is 0.381 e. The van der Waals surface area contributed by atoms with Gasteiger partial charge in [-0.15, -0.1) is 0 Å². The SMILES string of the molecule is CN(C)CCN(Cc1ccccc1)C(=O)C1CCOCC1. The van der Waals surface area contributed by atoms with Crippen LogP contribution in [0.4, 0.5) is 0 Å². The molecule has 1 aromatic rings. The summed E-state index contributed by atoms with van der Waals surface area (Å²) < 4.78 is 5.37. The Morgan fingerprint density at radius 3 is 2.43 bits per heavy atom. The third-order valence-corrected chi connectivity index (χ3v) is 3.92. The van der Waals surface area contributed by atoms with E-state index in [1.807, 2.05) is 37.2 Å². The van der Waals surface area contributed by atoms with E-state index >= 15 is 0 Å². The van der Waals surface area contributed by atoms with E-state index in [0.717, 1.165) is 25.9 Å². The third-order valence-electron chi connectivity index (χ3n) is 3.92. The highest BCUT2D eigenvalue weighted by Gasteiger charge is 2.26. The van der Waals surface area contributed by atoms with Crippen molar-refractivity contribution in [2.75, 3.05) is 40.4 Å². The lowest BCUT2D eigenvalue weighted by molar-refractivity contribution is -0.139. The van der Waals surface area contributed by atoms with Crippen LogP contribution in [0.5, 0.6) is 0 Å². The quantitative estimate of drug-likeness (QED) is 0.803. The van der Waals surface area contributed by atoms with Crippen LogP contribution in [0.15, 0.2) is 30.3 Å². The van der Waals surface area contributed by atoms with Crippen molar-refractivity contribution >= 4 is 5.91 Å². The van der Waals surface area contributed by atoms with E-state index in [9.17, 15) is 4.79 Å². The molecule has 0 unspecified atom stereocenters. The highest BCUT2D eigenvalue weighted by atomic mass is 16.5. The highest BCUT2D eigenvalue weighted by molar-refractivity contribution is 5.79. The fourth-order valence-corrected chi connectivity index (χ4v) is 2.59. The molecule has 0 saturated carbocycles. The van der Waals surface area contributed by atoms with Gasteiger partial charge in [0.05, 0.1) is 0 Å². The minimum absolute atomic E-state index is 0.129. The van der Waals surface area contributed by atoms with Crippen molar-refractivity contribution in [2.24, 2.45) is 5.92 Å². The normalized spacial score (nSPS) is 16.1. The first-order valence-electron chi connectivity index (χ1n) is 7.72. The van der Waals surface area contributed by atoms with Gasteiger partial charge in [0.1, 0.15) is 0 Å². The molecular weight excluding hydrogens is 264 g/mol. The Morgan fingerprint density at radius 2 is 1.81 bits per heavy atom. The molecule has 21 heavy (non-hydrogen) atoms. The Morgan fingerprint density at radius 1 is 1.14 bits per heavy atom. The van der Waals surface area contributed by atoms with E-state index in [1.165, 1.54) is 5.56 Å². The van der Waals surface area contributed by atoms with E-state index in [2.05, 4.69) is 17.0 Å². The predicted molar refractivity (Wildman–Crippen MR) is 84.0 cm³/mol. The van der Waals surface area contributed by atoms with Crippen molar-refractivity contribution in [1.29, 1.82) is 0 Å². The third kappa shape index (κ3) is 5.14. The molecule has 1 aromatic carbocycles. The molecule has 0 atom stereocenters. The summed E-state index contributed by atoms with van der Waals surface area (Å²) in [4.78, 5) is 16.9. The van der Waals surface area contributed by atoms with Crippen LogP contribution in [0.2, 0.25) is 0 Å². The number of amides is 1. The molecule has 0 spiro atoms. The summed E-state index contributed by atoms with van der Waals surface area (Å²) in [7, 11) is 4.08. The van der Waals surface area contributed by atoms with Crippen LogP contribution in [0, 0.1) is 5.92 Å². The molecule has 0 radical (unpaired) electrons. The van der Waals surface area contributed by atoms with Gasteiger partial charge in [-0.2, -0.15) is 0 Å². The molecule has 116 valence electrons. The summed E-state index contributed by atoms with van der Waals surface area (Å²) in [5.74, 6) is 0.411. The fraction of sp³-hybridized carbons (Fsp3) is 0.588. The number of benzene rings is 1. The van der Waals surface area contributed by atoms with Gasteiger partial charge in [-0.05, 0) is 32.5 Å². The van der Waals surface area contributed by atoms with Gasteiger partial charge in [0.25, 0.3) is 0 Å². The molecule has 1 saturated heterocycles. The monoisotopic (exact) mass is 290 g/mol. The second-order valence-electron chi connectivity index (χ2n) is 5.94. The Hall–Kier alpha value is -1.39. The fourth-order valence-electron chi connectivity index (χ4n) is 2.59. The molecule has 0 aromatic heterocycles. The Kier molecular flexibility index (Phi) is 6.21. The van der Waals surface area contributed by atoms with Crippen molar-refractivity contribution in [2.45, 2.75) is 19.4 Å². The Labute approximate surface area is 127 Å². The Bertz CT molecular complexity index is 428. The summed E-state index contributed by atoms with van der Waals surface area (Å²) in [5.41, 5.74) is 1.19. The van der Waals surface area contributed by atoms with Crippen LogP contribution in [-0.2, 0) is 16.1 Å². The summed E-state index contributed by atoms with van der Waals surface area (Å²) in [6.07, 6.45) is 1.71. The molecule has 0 bridgehead atoms. The maximum absolute atomic E-state index is 12.8. The maximum Gasteiger partial charge on any atom is 0.226 e. The molecular formula is C17H26N2O2. The van der Waals surface area contributed by atoms with Crippen molar-refractivity contribution < 1.29 is 9.53 Å². The second kappa shape index (κ2) is 8.15. The molecule has 0 aliphatic carbocycles.